The zero-order chi connectivity index (χ0) is 11.2. The molecule has 3 N–H and O–H groups in total. The topological polar surface area (TPSA) is 88.4 Å². The van der Waals surface area contributed by atoms with E-state index in [4.69, 9.17) is 14.2 Å². The lowest BCUT2D eigenvalue weighted by atomic mass is 9.88. The van der Waals surface area contributed by atoms with Crippen LogP contribution in [-0.2, 0) is 14.2 Å². The van der Waals surface area contributed by atoms with Gasteiger partial charge in [-0.3, -0.25) is 0 Å². The van der Waals surface area contributed by atoms with E-state index in [9.17, 15) is 15.3 Å². The number of aliphatic hydroxyl groups excluding tert-OH is 3. The molecule has 0 amide bonds. The predicted octanol–water partition coefficient (Wildman–Crippen LogP) is -1.42. The van der Waals surface area contributed by atoms with Crippen LogP contribution < -0.4 is 0 Å². The monoisotopic (exact) mass is 220 g/mol. The molecule has 0 aromatic carbocycles. The Morgan fingerprint density at radius 2 is 1.87 bits per heavy atom. The van der Waals surface area contributed by atoms with E-state index < -0.39 is 36.5 Å². The van der Waals surface area contributed by atoms with Crippen LogP contribution >= 0.6 is 0 Å². The summed E-state index contributed by atoms with van der Waals surface area (Å²) in [6.45, 7) is 3.57. The SMILES string of the molecule is CC1OCC2(C)OC(O)C(O)C(O)C2O1. The molecule has 2 aliphatic heterocycles. The van der Waals surface area contributed by atoms with Gasteiger partial charge in [0.05, 0.1) is 6.61 Å². The lowest BCUT2D eigenvalue weighted by molar-refractivity contribution is -0.381. The van der Waals surface area contributed by atoms with Gasteiger partial charge in [0.15, 0.2) is 12.6 Å². The lowest BCUT2D eigenvalue weighted by Crippen LogP contribution is -2.68. The number of aliphatic hydroxyl groups is 3. The summed E-state index contributed by atoms with van der Waals surface area (Å²) in [5, 5.41) is 28.6. The summed E-state index contributed by atoms with van der Waals surface area (Å²) in [6, 6.07) is 0. The first kappa shape index (κ1) is 11.3. The second-order valence-corrected chi connectivity index (χ2v) is 4.24. The van der Waals surface area contributed by atoms with Gasteiger partial charge in [0, 0.05) is 0 Å². The molecule has 2 rings (SSSR count). The fourth-order valence-corrected chi connectivity index (χ4v) is 1.99. The third-order valence-electron chi connectivity index (χ3n) is 2.89. The number of hydrogen-bond donors (Lipinski definition) is 3. The van der Waals surface area contributed by atoms with Gasteiger partial charge in [-0.2, -0.15) is 0 Å². The number of rotatable bonds is 0. The molecule has 88 valence electrons. The third-order valence-corrected chi connectivity index (χ3v) is 2.89. The first-order valence-corrected chi connectivity index (χ1v) is 4.93. The van der Waals surface area contributed by atoms with Gasteiger partial charge in [-0.1, -0.05) is 0 Å². The van der Waals surface area contributed by atoms with Crippen molar-refractivity contribution in [3.8, 4) is 0 Å². The van der Waals surface area contributed by atoms with Crippen LogP contribution in [0.25, 0.3) is 0 Å². The van der Waals surface area contributed by atoms with Crippen LogP contribution in [0.15, 0.2) is 0 Å². The highest BCUT2D eigenvalue weighted by Crippen LogP contribution is 2.35. The molecule has 0 radical (unpaired) electrons. The molecule has 2 saturated heterocycles. The number of fused-ring (bicyclic) bond motifs is 1. The van der Waals surface area contributed by atoms with Gasteiger partial charge in [-0.25, -0.2) is 0 Å². The Kier molecular flexibility index (Phi) is 2.74. The molecule has 6 atom stereocenters. The molecule has 0 aliphatic carbocycles. The van der Waals surface area contributed by atoms with Gasteiger partial charge in [-0.15, -0.1) is 0 Å². The van der Waals surface area contributed by atoms with E-state index in [0.29, 0.717) is 0 Å². The van der Waals surface area contributed by atoms with Gasteiger partial charge in [-0.05, 0) is 13.8 Å². The smallest absolute Gasteiger partial charge is 0.184 e. The Bertz CT molecular complexity index is 247. The highest BCUT2D eigenvalue weighted by atomic mass is 16.7. The second-order valence-electron chi connectivity index (χ2n) is 4.24. The van der Waals surface area contributed by atoms with E-state index in [-0.39, 0.29) is 6.61 Å². The minimum Gasteiger partial charge on any atom is -0.387 e. The van der Waals surface area contributed by atoms with Crippen molar-refractivity contribution in [1.82, 2.24) is 0 Å². The second kappa shape index (κ2) is 3.65. The zero-order valence-corrected chi connectivity index (χ0v) is 8.66. The van der Waals surface area contributed by atoms with Crippen molar-refractivity contribution in [1.29, 1.82) is 0 Å². The van der Waals surface area contributed by atoms with Crippen LogP contribution in [0, 0.1) is 0 Å². The maximum atomic E-state index is 9.76. The molecule has 0 aromatic heterocycles. The summed E-state index contributed by atoms with van der Waals surface area (Å²) in [5.41, 5.74) is -0.926. The van der Waals surface area contributed by atoms with Gasteiger partial charge in [0.25, 0.3) is 0 Å². The normalized spacial score (nSPS) is 56.2. The van der Waals surface area contributed by atoms with Crippen molar-refractivity contribution in [2.24, 2.45) is 0 Å². The standard InChI is InChI=1S/C9H16O6/c1-4-13-3-9(2)7(14-4)5(10)6(11)8(12)15-9/h4-8,10-12H,3H2,1-2H3. The molecule has 0 aromatic rings. The van der Waals surface area contributed by atoms with Crippen LogP contribution in [0.2, 0.25) is 0 Å². The van der Waals surface area contributed by atoms with Crippen molar-refractivity contribution in [3.05, 3.63) is 0 Å². The van der Waals surface area contributed by atoms with Gasteiger partial charge in [0.2, 0.25) is 0 Å². The molecule has 6 nitrogen and oxygen atoms in total. The quantitative estimate of drug-likeness (QED) is 0.464. The summed E-state index contributed by atoms with van der Waals surface area (Å²) in [7, 11) is 0. The predicted molar refractivity (Wildman–Crippen MR) is 47.8 cm³/mol. The average Bonchev–Trinajstić information content (AvgIpc) is 2.18. The van der Waals surface area contributed by atoms with Crippen LogP contribution in [0.1, 0.15) is 13.8 Å². The van der Waals surface area contributed by atoms with Crippen LogP contribution in [0.3, 0.4) is 0 Å². The summed E-state index contributed by atoms with van der Waals surface area (Å²) in [4.78, 5) is 0. The Labute approximate surface area is 87.4 Å². The summed E-state index contributed by atoms with van der Waals surface area (Å²) >= 11 is 0. The summed E-state index contributed by atoms with van der Waals surface area (Å²) in [6.07, 6.45) is -5.09. The minimum absolute atomic E-state index is 0.208. The minimum atomic E-state index is -1.41. The van der Waals surface area contributed by atoms with Crippen molar-refractivity contribution in [2.75, 3.05) is 6.61 Å². The molecule has 6 unspecified atom stereocenters. The molecule has 2 aliphatic rings. The van der Waals surface area contributed by atoms with E-state index in [0.717, 1.165) is 0 Å². The van der Waals surface area contributed by atoms with Gasteiger partial charge >= 0.3 is 0 Å². The zero-order valence-electron chi connectivity index (χ0n) is 8.66. The molecule has 15 heavy (non-hydrogen) atoms. The Morgan fingerprint density at radius 1 is 1.20 bits per heavy atom. The van der Waals surface area contributed by atoms with Crippen LogP contribution in [0.4, 0.5) is 0 Å². The van der Waals surface area contributed by atoms with E-state index in [1.165, 1.54) is 0 Å². The maximum Gasteiger partial charge on any atom is 0.184 e. The highest BCUT2D eigenvalue weighted by molar-refractivity contribution is 4.99. The molecular formula is C9H16O6. The lowest BCUT2D eigenvalue weighted by Gasteiger charge is -2.50. The van der Waals surface area contributed by atoms with E-state index >= 15 is 0 Å². The molecule has 0 saturated carbocycles. The molecular weight excluding hydrogens is 204 g/mol. The molecule has 2 fully saturated rings. The van der Waals surface area contributed by atoms with Crippen LogP contribution in [-0.4, -0.2) is 58.4 Å². The first-order valence-electron chi connectivity index (χ1n) is 4.93. The maximum absolute atomic E-state index is 9.76. The van der Waals surface area contributed by atoms with E-state index in [1.807, 2.05) is 0 Å². The Morgan fingerprint density at radius 3 is 2.53 bits per heavy atom. The highest BCUT2D eigenvalue weighted by Gasteiger charge is 2.54. The van der Waals surface area contributed by atoms with E-state index in [2.05, 4.69) is 0 Å². The molecule has 0 spiro atoms. The Balaban J connectivity index is 2.20. The fourth-order valence-electron chi connectivity index (χ4n) is 1.99. The third kappa shape index (κ3) is 1.77. The fraction of sp³-hybridized carbons (Fsp3) is 1.00. The summed E-state index contributed by atoms with van der Waals surface area (Å²) in [5.74, 6) is 0. The first-order chi connectivity index (χ1) is 6.94. The van der Waals surface area contributed by atoms with Crippen LogP contribution in [0.5, 0.6) is 0 Å². The van der Waals surface area contributed by atoms with Crippen molar-refractivity contribution in [2.45, 2.75) is 50.3 Å². The average molecular weight is 220 g/mol. The van der Waals surface area contributed by atoms with Crippen molar-refractivity contribution >= 4 is 0 Å². The van der Waals surface area contributed by atoms with E-state index in [1.54, 1.807) is 13.8 Å². The molecule has 2 heterocycles. The van der Waals surface area contributed by atoms with Crippen molar-refractivity contribution in [3.63, 3.8) is 0 Å². The number of hydrogen-bond acceptors (Lipinski definition) is 6. The van der Waals surface area contributed by atoms with Gasteiger partial charge in [0.1, 0.15) is 23.9 Å². The molecule has 0 bridgehead atoms. The Hall–Kier alpha value is -0.240. The van der Waals surface area contributed by atoms with Crippen molar-refractivity contribution < 1.29 is 29.5 Å². The summed E-state index contributed by atoms with van der Waals surface area (Å²) < 4.78 is 15.8. The number of ether oxygens (including phenoxy) is 3. The van der Waals surface area contributed by atoms with Gasteiger partial charge < -0.3 is 29.5 Å². The molecule has 6 heteroatoms. The largest absolute Gasteiger partial charge is 0.387 e.